The van der Waals surface area contributed by atoms with Crippen molar-refractivity contribution in [3.8, 4) is 0 Å². The fourth-order valence-electron chi connectivity index (χ4n) is 4.47. The van der Waals surface area contributed by atoms with Crippen molar-refractivity contribution in [3.63, 3.8) is 0 Å². The van der Waals surface area contributed by atoms with Gasteiger partial charge in [0.1, 0.15) is 21.8 Å². The van der Waals surface area contributed by atoms with Crippen molar-refractivity contribution in [2.24, 2.45) is 0 Å². The molecule has 0 fully saturated rings. The SMILES string of the molecule is Cc1ccc([S+](c2ccc(C)cc2)c2ccc(Sc3ccc([S+](c4ccc(C)cc4)c4ccc(C)cc4)s3)s2)cc1. The van der Waals surface area contributed by atoms with Crippen LogP contribution in [0.25, 0.3) is 0 Å². The van der Waals surface area contributed by atoms with Gasteiger partial charge in [0.05, 0.1) is 8.42 Å². The van der Waals surface area contributed by atoms with E-state index >= 15 is 0 Å². The average molecular weight is 625 g/mol. The Kier molecular flexibility index (Phi) is 8.80. The normalized spacial score (nSPS) is 11.5. The molecule has 6 aromatic rings. The largest absolute Gasteiger partial charge is 0.221 e. The van der Waals surface area contributed by atoms with Crippen molar-refractivity contribution in [2.45, 2.75) is 64.1 Å². The number of benzene rings is 4. The first kappa shape index (κ1) is 28.4. The van der Waals surface area contributed by atoms with Crippen molar-refractivity contribution in [3.05, 3.63) is 144 Å². The average Bonchev–Trinajstić information content (AvgIpc) is 3.63. The summed E-state index contributed by atoms with van der Waals surface area (Å²) in [6.07, 6.45) is 0. The highest BCUT2D eigenvalue weighted by molar-refractivity contribution is 8.04. The van der Waals surface area contributed by atoms with Crippen LogP contribution in [0.1, 0.15) is 22.3 Å². The first-order valence-corrected chi connectivity index (χ1v) is 18.5. The van der Waals surface area contributed by atoms with Crippen LogP contribution in [0.4, 0.5) is 0 Å². The second kappa shape index (κ2) is 12.7. The van der Waals surface area contributed by atoms with Crippen LogP contribution in [0.2, 0.25) is 0 Å². The van der Waals surface area contributed by atoms with E-state index < -0.39 is 0 Å². The fraction of sp³-hybridized carbons (Fsp3) is 0.111. The van der Waals surface area contributed by atoms with Crippen molar-refractivity contribution in [1.29, 1.82) is 0 Å². The molecule has 41 heavy (non-hydrogen) atoms. The molecule has 204 valence electrons. The molecule has 6 rings (SSSR count). The summed E-state index contributed by atoms with van der Waals surface area (Å²) in [4.78, 5) is 5.49. The highest BCUT2D eigenvalue weighted by Crippen LogP contribution is 2.44. The first-order chi connectivity index (χ1) is 19.9. The van der Waals surface area contributed by atoms with Gasteiger partial charge in [0.25, 0.3) is 0 Å². The molecule has 5 heteroatoms. The van der Waals surface area contributed by atoms with Crippen LogP contribution >= 0.6 is 34.4 Å². The van der Waals surface area contributed by atoms with Crippen LogP contribution < -0.4 is 0 Å². The molecule has 0 atom stereocenters. The summed E-state index contributed by atoms with van der Waals surface area (Å²) >= 11 is 5.76. The Hall–Kier alpha value is -2.67. The van der Waals surface area contributed by atoms with E-state index in [0.29, 0.717) is 0 Å². The van der Waals surface area contributed by atoms with Gasteiger partial charge in [-0.1, -0.05) is 105 Å². The molecule has 0 aliphatic heterocycles. The van der Waals surface area contributed by atoms with E-state index in [9.17, 15) is 0 Å². The number of hydrogen-bond donors (Lipinski definition) is 0. The molecule has 0 radical (unpaired) electrons. The third-order valence-corrected chi connectivity index (χ3v) is 15.3. The lowest BCUT2D eigenvalue weighted by molar-refractivity contribution is 1.31. The van der Waals surface area contributed by atoms with E-state index in [1.54, 1.807) is 0 Å². The van der Waals surface area contributed by atoms with E-state index in [0.717, 1.165) is 0 Å². The molecule has 2 heterocycles. The predicted octanol–water partition coefficient (Wildman–Crippen LogP) is 11.4. The third-order valence-electron chi connectivity index (χ3n) is 6.74. The summed E-state index contributed by atoms with van der Waals surface area (Å²) in [5.74, 6) is 0. The topological polar surface area (TPSA) is 0 Å². The van der Waals surface area contributed by atoms with Gasteiger partial charge in [-0.3, -0.25) is 0 Å². The van der Waals surface area contributed by atoms with Crippen LogP contribution in [0.3, 0.4) is 0 Å². The van der Waals surface area contributed by atoms with Gasteiger partial charge in [0, 0.05) is 12.1 Å². The molecule has 0 nitrogen and oxygen atoms in total. The molecule has 0 saturated heterocycles. The van der Waals surface area contributed by atoms with Gasteiger partial charge in [-0.2, -0.15) is 0 Å². The minimum atomic E-state index is -0.114. The minimum Gasteiger partial charge on any atom is -0.0781 e. The van der Waals surface area contributed by atoms with Gasteiger partial charge in [0.2, 0.25) is 8.42 Å². The molecule has 0 unspecified atom stereocenters. The van der Waals surface area contributed by atoms with Gasteiger partial charge >= 0.3 is 0 Å². The van der Waals surface area contributed by atoms with E-state index in [4.69, 9.17) is 0 Å². The van der Waals surface area contributed by atoms with Gasteiger partial charge in [-0.25, -0.2) is 0 Å². The highest BCUT2D eigenvalue weighted by atomic mass is 32.2. The van der Waals surface area contributed by atoms with E-state index in [2.05, 4.69) is 149 Å². The second-order valence-electron chi connectivity index (χ2n) is 10.1. The van der Waals surface area contributed by atoms with Crippen LogP contribution in [0.5, 0.6) is 0 Å². The van der Waals surface area contributed by atoms with Gasteiger partial charge in [0.15, 0.2) is 19.6 Å². The van der Waals surface area contributed by atoms with Crippen LogP contribution in [-0.4, -0.2) is 0 Å². The maximum atomic E-state index is 2.34. The van der Waals surface area contributed by atoms with Gasteiger partial charge in [-0.05, 0) is 88.4 Å². The predicted molar refractivity (Wildman–Crippen MR) is 182 cm³/mol. The molecule has 0 spiro atoms. The summed E-state index contributed by atoms with van der Waals surface area (Å²) in [7, 11) is -0.229. The maximum Gasteiger partial charge on any atom is 0.221 e. The number of hydrogen-bond acceptors (Lipinski definition) is 3. The van der Waals surface area contributed by atoms with E-state index in [1.165, 1.54) is 58.7 Å². The fourth-order valence-corrected chi connectivity index (χ4v) is 13.6. The van der Waals surface area contributed by atoms with Crippen molar-refractivity contribution in [2.75, 3.05) is 0 Å². The van der Waals surface area contributed by atoms with Crippen molar-refractivity contribution >= 4 is 56.2 Å². The molecule has 0 aliphatic rings. The van der Waals surface area contributed by atoms with Crippen molar-refractivity contribution in [1.82, 2.24) is 0 Å². The zero-order valence-corrected chi connectivity index (χ0v) is 27.7. The lowest BCUT2D eigenvalue weighted by Gasteiger charge is -2.07. The lowest BCUT2D eigenvalue weighted by Crippen LogP contribution is -2.02. The molecule has 4 aromatic carbocycles. The monoisotopic (exact) mass is 624 g/mol. The zero-order valence-electron chi connectivity index (χ0n) is 23.6. The summed E-state index contributed by atoms with van der Waals surface area (Å²) < 4.78 is 5.51. The Morgan fingerprint density at radius 1 is 0.366 bits per heavy atom. The Labute approximate surface area is 262 Å². The smallest absolute Gasteiger partial charge is 0.0781 e. The first-order valence-electron chi connectivity index (χ1n) is 13.6. The Morgan fingerprint density at radius 3 is 0.902 bits per heavy atom. The summed E-state index contributed by atoms with van der Waals surface area (Å²) in [5, 5.41) is 0. The minimum absolute atomic E-state index is 0.114. The standard InChI is InChI=1S/C36H32S5/c1-25-5-13-29(14-6-25)40(30-15-7-26(2)8-16-30)35-23-21-33(38-35)37-34-22-24-36(39-34)41(31-17-9-27(3)10-18-31)32-19-11-28(4)12-20-32/h5-24H,1-4H3/q+2. The second-order valence-corrected chi connectivity index (χ2v) is 18.4. The molecule has 2 aromatic heterocycles. The summed E-state index contributed by atoms with van der Waals surface area (Å²) in [6, 6.07) is 45.6. The third kappa shape index (κ3) is 6.71. The van der Waals surface area contributed by atoms with Gasteiger partial charge < -0.3 is 0 Å². The Morgan fingerprint density at radius 2 is 0.634 bits per heavy atom. The van der Waals surface area contributed by atoms with E-state index in [-0.39, 0.29) is 21.8 Å². The number of rotatable bonds is 8. The molecular weight excluding hydrogens is 593 g/mol. The molecule has 0 N–H and O–H groups in total. The van der Waals surface area contributed by atoms with Crippen LogP contribution in [0.15, 0.2) is 158 Å². The zero-order chi connectivity index (χ0) is 28.3. The van der Waals surface area contributed by atoms with Crippen molar-refractivity contribution < 1.29 is 0 Å². The number of thiophene rings is 2. The maximum absolute atomic E-state index is 2.34. The highest BCUT2D eigenvalue weighted by Gasteiger charge is 2.32. The van der Waals surface area contributed by atoms with Crippen LogP contribution in [0, 0.1) is 27.7 Å². The quantitative estimate of drug-likeness (QED) is 0.152. The van der Waals surface area contributed by atoms with Crippen LogP contribution in [-0.2, 0) is 21.8 Å². The molecule has 0 saturated carbocycles. The summed E-state index contributed by atoms with van der Waals surface area (Å²) in [6.45, 7) is 8.63. The molecule has 0 amide bonds. The molecule has 0 aliphatic carbocycles. The lowest BCUT2D eigenvalue weighted by atomic mass is 10.2. The Bertz CT molecular complexity index is 1500. The summed E-state index contributed by atoms with van der Waals surface area (Å²) in [5.41, 5.74) is 5.19. The molecular formula is C36H32S5+2. The number of aryl methyl sites for hydroxylation is 4. The molecule has 0 bridgehead atoms. The van der Waals surface area contributed by atoms with Gasteiger partial charge in [-0.15, -0.1) is 0 Å². The Balaban J connectivity index is 1.29. The van der Waals surface area contributed by atoms with E-state index in [1.807, 2.05) is 34.4 Å².